The van der Waals surface area contributed by atoms with E-state index in [0.717, 1.165) is 19.2 Å². The van der Waals surface area contributed by atoms with Gasteiger partial charge in [-0.2, -0.15) is 39.5 Å². The van der Waals surface area contributed by atoms with Crippen molar-refractivity contribution in [2.24, 2.45) is 0 Å². The largest absolute Gasteiger partial charge is 0.417 e. The predicted octanol–water partition coefficient (Wildman–Crippen LogP) is 8.82. The number of alkyl halides is 9. The number of carbonyl (C=O) groups is 2. The highest BCUT2D eigenvalue weighted by molar-refractivity contribution is 9.11. The van der Waals surface area contributed by atoms with Crippen LogP contribution in [-0.2, 0) is 11.0 Å². The molecule has 230 valence electrons. The third-order valence-electron chi connectivity index (χ3n) is 6.15. The van der Waals surface area contributed by atoms with E-state index in [1.54, 1.807) is 0 Å². The van der Waals surface area contributed by atoms with E-state index in [2.05, 4.69) is 31.9 Å². The number of likely N-dealkylation sites (N-methyl/N-ethyl adjacent to an activating group) is 1. The molecular weight excluding hydrogens is 746 g/mol. The van der Waals surface area contributed by atoms with Gasteiger partial charge < -0.3 is 10.2 Å². The molecule has 2 amide bonds. The minimum atomic E-state index is -5.31. The first-order valence-electron chi connectivity index (χ1n) is 11.5. The number of nitrogens with zero attached hydrogens (tertiary/aromatic N) is 1. The summed E-state index contributed by atoms with van der Waals surface area (Å²) in [6.45, 7) is -1.67. The number of nitrogens with one attached hydrogen (secondary N) is 1. The van der Waals surface area contributed by atoms with E-state index < -0.39 is 76.4 Å². The molecule has 0 heterocycles. The summed E-state index contributed by atoms with van der Waals surface area (Å²) in [6, 6.07) is 3.18. The molecular formula is C25H17Br2ClF10N2O2. The summed E-state index contributed by atoms with van der Waals surface area (Å²) in [6.07, 6.45) is -15.4. The van der Waals surface area contributed by atoms with Crippen molar-refractivity contribution < 1.29 is 53.5 Å². The zero-order valence-electron chi connectivity index (χ0n) is 20.8. The molecule has 0 radical (unpaired) electrons. The molecule has 2 aromatic carbocycles. The molecule has 1 aliphatic carbocycles. The van der Waals surface area contributed by atoms with E-state index in [1.165, 1.54) is 0 Å². The van der Waals surface area contributed by atoms with Crippen molar-refractivity contribution in [3.05, 3.63) is 72.6 Å². The Kier molecular flexibility index (Phi) is 9.75. The van der Waals surface area contributed by atoms with Crippen molar-refractivity contribution in [2.75, 3.05) is 13.6 Å². The molecule has 0 aromatic heterocycles. The fourth-order valence-corrected chi connectivity index (χ4v) is 5.34. The second-order valence-corrected chi connectivity index (χ2v) is 11.5. The average molecular weight is 763 g/mol. The zero-order valence-corrected chi connectivity index (χ0v) is 24.8. The van der Waals surface area contributed by atoms with E-state index in [9.17, 15) is 49.1 Å². The summed E-state index contributed by atoms with van der Waals surface area (Å²) in [5.41, 5.74) is -6.17. The normalized spacial score (nSPS) is 16.2. The Morgan fingerprint density at radius 1 is 1.02 bits per heavy atom. The van der Waals surface area contributed by atoms with Gasteiger partial charge in [0.2, 0.25) is 5.91 Å². The number of hydrogen-bond acceptors (Lipinski definition) is 2. The summed E-state index contributed by atoms with van der Waals surface area (Å²) < 4.78 is 136. The molecule has 3 rings (SSSR count). The molecule has 0 bridgehead atoms. The molecule has 0 aliphatic heterocycles. The third-order valence-corrected chi connectivity index (χ3v) is 8.27. The number of rotatable bonds is 7. The highest BCUT2D eigenvalue weighted by atomic mass is 79.9. The molecule has 1 aliphatic rings. The lowest BCUT2D eigenvalue weighted by molar-refractivity contribution is -0.160. The Balaban J connectivity index is 1.97. The molecule has 1 saturated carbocycles. The zero-order chi connectivity index (χ0) is 32.0. The summed E-state index contributed by atoms with van der Waals surface area (Å²) in [4.78, 5) is 25.5. The number of halogens is 13. The Bertz CT molecular complexity index is 1400. The highest BCUT2D eigenvalue weighted by Crippen LogP contribution is 2.43. The average Bonchev–Trinajstić information content (AvgIpc) is 3.62. The first-order valence-corrected chi connectivity index (χ1v) is 13.5. The van der Waals surface area contributed by atoms with Gasteiger partial charge in [0, 0.05) is 21.6 Å². The molecule has 1 fully saturated rings. The summed E-state index contributed by atoms with van der Waals surface area (Å²) >= 11 is 11.8. The fraction of sp³-hybridized carbons (Fsp3) is 0.360. The number of benzene rings is 2. The lowest BCUT2D eigenvalue weighted by Gasteiger charge is -2.25. The molecule has 42 heavy (non-hydrogen) atoms. The number of allylic oxidation sites excluding steroid dienone is 1. The van der Waals surface area contributed by atoms with E-state index in [-0.39, 0.29) is 43.9 Å². The number of carbonyl (C=O) groups excluding carboxylic acids is 2. The molecule has 17 heteroatoms. The second-order valence-electron chi connectivity index (χ2n) is 9.40. The Morgan fingerprint density at radius 2 is 1.57 bits per heavy atom. The van der Waals surface area contributed by atoms with Crippen LogP contribution >= 0.6 is 43.5 Å². The monoisotopic (exact) mass is 760 g/mol. The van der Waals surface area contributed by atoms with Crippen LogP contribution in [0.3, 0.4) is 0 Å². The van der Waals surface area contributed by atoms with E-state index in [0.29, 0.717) is 12.1 Å². The lowest BCUT2D eigenvalue weighted by atomic mass is 9.95. The molecule has 1 atom stereocenters. The van der Waals surface area contributed by atoms with E-state index >= 15 is 4.39 Å². The van der Waals surface area contributed by atoms with Crippen molar-refractivity contribution >= 4 is 61.1 Å². The SMILES string of the molecule is CN(CC(F)(F)F)C(=O)C1(NC(=O)c2ccc(C(F)=CC(c3cc(Br)c(Cl)c(Br)c3)C(F)(F)F)cc2C(F)(F)F)CC1. The standard InChI is InChI=1S/C25H17Br2ClF10N2O2/c1-40(10-23(30,31)32)21(42)22(4-5-22)39-20(41)13-3-2-11(6-15(13)25(36,37)38)18(29)9-14(24(33,34)35)12-7-16(26)19(28)17(27)8-12/h2-3,6-9,14H,4-5,10H2,1H3,(H,39,41). The van der Waals surface area contributed by atoms with Crippen LogP contribution in [0.2, 0.25) is 5.02 Å². The predicted molar refractivity (Wildman–Crippen MR) is 139 cm³/mol. The lowest BCUT2D eigenvalue weighted by Crippen LogP contribution is -2.51. The minimum absolute atomic E-state index is 0.0227. The van der Waals surface area contributed by atoms with Crippen LogP contribution in [0, 0.1) is 0 Å². The fourth-order valence-electron chi connectivity index (χ4n) is 4.01. The summed E-state index contributed by atoms with van der Waals surface area (Å²) in [7, 11) is 0.808. The van der Waals surface area contributed by atoms with Crippen molar-refractivity contribution in [1.29, 1.82) is 0 Å². The molecule has 2 aromatic rings. The summed E-state index contributed by atoms with van der Waals surface area (Å²) in [5.74, 6) is -6.98. The van der Waals surface area contributed by atoms with Crippen LogP contribution in [-0.4, -0.2) is 48.2 Å². The van der Waals surface area contributed by atoms with Crippen LogP contribution in [0.4, 0.5) is 43.9 Å². The smallest absolute Gasteiger partial charge is 0.338 e. The van der Waals surface area contributed by atoms with Gasteiger partial charge >= 0.3 is 18.5 Å². The number of hydrogen-bond donors (Lipinski definition) is 1. The molecule has 0 saturated heterocycles. The first kappa shape index (κ1) is 34.2. The Hall–Kier alpha value is -2.33. The van der Waals surface area contributed by atoms with Gasteiger partial charge in [0.1, 0.15) is 23.8 Å². The van der Waals surface area contributed by atoms with Crippen LogP contribution in [0.1, 0.15) is 45.8 Å². The van der Waals surface area contributed by atoms with E-state index in [4.69, 9.17) is 11.6 Å². The topological polar surface area (TPSA) is 49.4 Å². The molecule has 4 nitrogen and oxygen atoms in total. The van der Waals surface area contributed by atoms with Crippen molar-refractivity contribution in [3.8, 4) is 0 Å². The summed E-state index contributed by atoms with van der Waals surface area (Å²) in [5, 5.41) is 2.05. The van der Waals surface area contributed by atoms with Crippen molar-refractivity contribution in [2.45, 2.75) is 42.8 Å². The first-order chi connectivity index (χ1) is 19.1. The van der Waals surface area contributed by atoms with E-state index in [1.807, 2.05) is 5.32 Å². The Morgan fingerprint density at radius 3 is 2.02 bits per heavy atom. The maximum absolute atomic E-state index is 15.1. The third kappa shape index (κ3) is 7.98. The van der Waals surface area contributed by atoms with Crippen molar-refractivity contribution in [3.63, 3.8) is 0 Å². The van der Waals surface area contributed by atoms with Gasteiger partial charge in [0.15, 0.2) is 0 Å². The van der Waals surface area contributed by atoms with Gasteiger partial charge in [-0.3, -0.25) is 9.59 Å². The van der Waals surface area contributed by atoms with Gasteiger partial charge in [0.25, 0.3) is 5.91 Å². The highest BCUT2D eigenvalue weighted by Gasteiger charge is 2.54. The van der Waals surface area contributed by atoms with Gasteiger partial charge in [-0.05, 0) is 80.6 Å². The minimum Gasteiger partial charge on any atom is -0.338 e. The van der Waals surface area contributed by atoms with Crippen LogP contribution in [0.15, 0.2) is 45.4 Å². The number of amides is 2. The van der Waals surface area contributed by atoms with Crippen molar-refractivity contribution in [1.82, 2.24) is 10.2 Å². The van der Waals surface area contributed by atoms with Gasteiger partial charge in [-0.15, -0.1) is 0 Å². The second kappa shape index (κ2) is 12.0. The van der Waals surface area contributed by atoms with Gasteiger partial charge in [-0.25, -0.2) is 4.39 Å². The quantitative estimate of drug-likeness (QED) is 0.227. The molecule has 1 unspecified atom stereocenters. The van der Waals surface area contributed by atoms with Gasteiger partial charge in [0.05, 0.1) is 16.1 Å². The Labute approximate surface area is 253 Å². The van der Waals surface area contributed by atoms with Crippen LogP contribution < -0.4 is 5.32 Å². The maximum atomic E-state index is 15.1. The molecule has 0 spiro atoms. The maximum Gasteiger partial charge on any atom is 0.417 e. The van der Waals surface area contributed by atoms with Crippen LogP contribution in [0.25, 0.3) is 5.83 Å². The molecule has 1 N–H and O–H groups in total. The van der Waals surface area contributed by atoms with Crippen LogP contribution in [0.5, 0.6) is 0 Å². The van der Waals surface area contributed by atoms with Gasteiger partial charge in [-0.1, -0.05) is 17.7 Å².